The van der Waals surface area contributed by atoms with Gasteiger partial charge in [-0.3, -0.25) is 0 Å². The molecule has 1 aliphatic heterocycles. The summed E-state index contributed by atoms with van der Waals surface area (Å²) < 4.78 is 1.87. The van der Waals surface area contributed by atoms with E-state index in [1.807, 2.05) is 29.2 Å². The van der Waals surface area contributed by atoms with Gasteiger partial charge >= 0.3 is 0 Å². The molecule has 2 aromatic rings. The molecule has 0 amide bonds. The molecule has 5 heteroatoms. The SMILES string of the molecule is CC1(C)CN(c2nccn3nccc23)CCN1. The molecule has 0 aromatic carbocycles. The normalized spacial score (nSPS) is 19.8. The Bertz CT molecular complexity index is 530. The maximum absolute atomic E-state index is 4.51. The summed E-state index contributed by atoms with van der Waals surface area (Å²) in [6.45, 7) is 7.38. The Balaban J connectivity index is 2.00. The van der Waals surface area contributed by atoms with Crippen molar-refractivity contribution in [3.05, 3.63) is 24.7 Å². The molecule has 0 radical (unpaired) electrons. The molecule has 2 aromatic heterocycles. The van der Waals surface area contributed by atoms with Crippen LogP contribution in [0.5, 0.6) is 0 Å². The Hall–Kier alpha value is -1.62. The molecule has 1 fully saturated rings. The van der Waals surface area contributed by atoms with Crippen molar-refractivity contribution >= 4 is 11.3 Å². The van der Waals surface area contributed by atoms with Crippen molar-refractivity contribution in [3.63, 3.8) is 0 Å². The largest absolute Gasteiger partial charge is 0.352 e. The fourth-order valence-corrected chi connectivity index (χ4v) is 2.41. The molecule has 0 atom stereocenters. The second kappa shape index (κ2) is 3.70. The van der Waals surface area contributed by atoms with Gasteiger partial charge < -0.3 is 10.2 Å². The highest BCUT2D eigenvalue weighted by Crippen LogP contribution is 2.21. The van der Waals surface area contributed by atoms with Crippen LogP contribution in [0.1, 0.15) is 13.8 Å². The van der Waals surface area contributed by atoms with E-state index in [4.69, 9.17) is 0 Å². The summed E-state index contributed by atoms with van der Waals surface area (Å²) >= 11 is 0. The quantitative estimate of drug-likeness (QED) is 0.792. The van der Waals surface area contributed by atoms with Gasteiger partial charge in [0, 0.05) is 37.6 Å². The van der Waals surface area contributed by atoms with Crippen LogP contribution in [-0.4, -0.2) is 39.8 Å². The molecule has 0 bridgehead atoms. The summed E-state index contributed by atoms with van der Waals surface area (Å²) in [5.74, 6) is 1.03. The number of nitrogens with zero attached hydrogens (tertiary/aromatic N) is 4. The van der Waals surface area contributed by atoms with Gasteiger partial charge in [-0.05, 0) is 19.9 Å². The van der Waals surface area contributed by atoms with Crippen LogP contribution >= 0.6 is 0 Å². The number of piperazine rings is 1. The van der Waals surface area contributed by atoms with E-state index >= 15 is 0 Å². The Morgan fingerprint density at radius 3 is 3.06 bits per heavy atom. The first-order valence-corrected chi connectivity index (χ1v) is 5.94. The van der Waals surface area contributed by atoms with Crippen molar-refractivity contribution < 1.29 is 0 Å². The molecular formula is C12H17N5. The Labute approximate surface area is 100 Å². The first kappa shape index (κ1) is 10.5. The number of aromatic nitrogens is 3. The lowest BCUT2D eigenvalue weighted by Crippen LogP contribution is -2.57. The summed E-state index contributed by atoms with van der Waals surface area (Å²) in [4.78, 5) is 6.83. The zero-order valence-electron chi connectivity index (χ0n) is 10.2. The zero-order chi connectivity index (χ0) is 11.9. The third-order valence-electron chi connectivity index (χ3n) is 3.18. The lowest BCUT2D eigenvalue weighted by atomic mass is 10.0. The monoisotopic (exact) mass is 231 g/mol. The van der Waals surface area contributed by atoms with Gasteiger partial charge in [-0.1, -0.05) is 0 Å². The van der Waals surface area contributed by atoms with E-state index in [1.165, 1.54) is 0 Å². The average molecular weight is 231 g/mol. The van der Waals surface area contributed by atoms with Crippen LogP contribution in [-0.2, 0) is 0 Å². The van der Waals surface area contributed by atoms with Gasteiger partial charge in [0.15, 0.2) is 5.82 Å². The maximum Gasteiger partial charge on any atom is 0.154 e. The van der Waals surface area contributed by atoms with Crippen molar-refractivity contribution in [2.45, 2.75) is 19.4 Å². The number of hydrogen-bond donors (Lipinski definition) is 1. The van der Waals surface area contributed by atoms with Crippen LogP contribution in [0.25, 0.3) is 5.52 Å². The van der Waals surface area contributed by atoms with E-state index in [0.29, 0.717) is 0 Å². The van der Waals surface area contributed by atoms with Crippen LogP contribution in [0.15, 0.2) is 24.7 Å². The summed E-state index contributed by atoms with van der Waals surface area (Å²) in [7, 11) is 0. The highest BCUT2D eigenvalue weighted by molar-refractivity contribution is 5.68. The minimum atomic E-state index is 0.132. The van der Waals surface area contributed by atoms with Crippen LogP contribution < -0.4 is 10.2 Å². The van der Waals surface area contributed by atoms with E-state index < -0.39 is 0 Å². The highest BCUT2D eigenvalue weighted by atomic mass is 15.3. The third-order valence-corrected chi connectivity index (χ3v) is 3.18. The van der Waals surface area contributed by atoms with E-state index in [9.17, 15) is 0 Å². The summed E-state index contributed by atoms with van der Waals surface area (Å²) in [5, 5.41) is 7.75. The molecule has 1 aliphatic rings. The van der Waals surface area contributed by atoms with Gasteiger partial charge in [0.25, 0.3) is 0 Å². The van der Waals surface area contributed by atoms with Gasteiger partial charge in [-0.15, -0.1) is 0 Å². The Kier molecular flexibility index (Phi) is 2.29. The number of rotatable bonds is 1. The maximum atomic E-state index is 4.51. The highest BCUT2D eigenvalue weighted by Gasteiger charge is 2.27. The molecule has 3 heterocycles. The summed E-state index contributed by atoms with van der Waals surface area (Å²) in [6, 6.07) is 2.01. The van der Waals surface area contributed by atoms with Crippen molar-refractivity contribution in [1.82, 2.24) is 19.9 Å². The molecule has 0 unspecified atom stereocenters. The van der Waals surface area contributed by atoms with Crippen LogP contribution in [0.4, 0.5) is 5.82 Å². The first-order valence-electron chi connectivity index (χ1n) is 5.94. The molecule has 0 aliphatic carbocycles. The zero-order valence-corrected chi connectivity index (χ0v) is 10.2. The summed E-state index contributed by atoms with van der Waals surface area (Å²) in [5.41, 5.74) is 1.21. The van der Waals surface area contributed by atoms with Crippen molar-refractivity contribution in [2.24, 2.45) is 0 Å². The number of hydrogen-bond acceptors (Lipinski definition) is 4. The molecule has 90 valence electrons. The predicted octanol–water partition coefficient (Wildman–Crippen LogP) is 0.917. The van der Waals surface area contributed by atoms with Crippen molar-refractivity contribution in [3.8, 4) is 0 Å². The predicted molar refractivity (Wildman–Crippen MR) is 67.3 cm³/mol. The molecule has 0 saturated carbocycles. The van der Waals surface area contributed by atoms with E-state index in [1.54, 1.807) is 0 Å². The van der Waals surface area contributed by atoms with E-state index in [0.717, 1.165) is 31.0 Å². The van der Waals surface area contributed by atoms with Gasteiger partial charge in [0.2, 0.25) is 0 Å². The molecule has 5 nitrogen and oxygen atoms in total. The van der Waals surface area contributed by atoms with Crippen molar-refractivity contribution in [2.75, 3.05) is 24.5 Å². The fourth-order valence-electron chi connectivity index (χ4n) is 2.41. The van der Waals surface area contributed by atoms with Gasteiger partial charge in [0.05, 0.1) is 6.20 Å². The van der Waals surface area contributed by atoms with E-state index in [-0.39, 0.29) is 5.54 Å². The van der Waals surface area contributed by atoms with Gasteiger partial charge in [0.1, 0.15) is 5.52 Å². The molecule has 1 saturated heterocycles. The van der Waals surface area contributed by atoms with Gasteiger partial charge in [-0.2, -0.15) is 5.10 Å². The van der Waals surface area contributed by atoms with Crippen LogP contribution in [0.3, 0.4) is 0 Å². The molecule has 17 heavy (non-hydrogen) atoms. The second-order valence-electron chi connectivity index (χ2n) is 5.14. The van der Waals surface area contributed by atoms with Crippen molar-refractivity contribution in [1.29, 1.82) is 0 Å². The molecule has 0 spiro atoms. The molecule has 3 rings (SSSR count). The lowest BCUT2D eigenvalue weighted by molar-refractivity contribution is 0.352. The fraction of sp³-hybridized carbons (Fsp3) is 0.500. The smallest absolute Gasteiger partial charge is 0.154 e. The Morgan fingerprint density at radius 2 is 2.24 bits per heavy atom. The number of nitrogens with one attached hydrogen (secondary N) is 1. The second-order valence-corrected chi connectivity index (χ2v) is 5.14. The first-order chi connectivity index (χ1) is 8.16. The average Bonchev–Trinajstić information content (AvgIpc) is 2.75. The Morgan fingerprint density at radius 1 is 1.35 bits per heavy atom. The minimum absolute atomic E-state index is 0.132. The molecular weight excluding hydrogens is 214 g/mol. The van der Waals surface area contributed by atoms with Crippen LogP contribution in [0, 0.1) is 0 Å². The lowest BCUT2D eigenvalue weighted by Gasteiger charge is -2.39. The van der Waals surface area contributed by atoms with E-state index in [2.05, 4.69) is 34.1 Å². The molecule has 1 N–H and O–H groups in total. The van der Waals surface area contributed by atoms with Gasteiger partial charge in [-0.25, -0.2) is 9.50 Å². The number of anilines is 1. The standard InChI is InChI=1S/C12H17N5/c1-12(2)9-16(7-6-14-12)11-10-3-4-15-17(10)8-5-13-11/h3-5,8,14H,6-7,9H2,1-2H3. The number of fused-ring (bicyclic) bond motifs is 1. The minimum Gasteiger partial charge on any atom is -0.352 e. The van der Waals surface area contributed by atoms with Crippen LogP contribution in [0.2, 0.25) is 0 Å². The topological polar surface area (TPSA) is 45.5 Å². The third kappa shape index (κ3) is 1.86. The summed E-state index contributed by atoms with van der Waals surface area (Å²) in [6.07, 6.45) is 5.50.